The van der Waals surface area contributed by atoms with Crippen molar-refractivity contribution in [1.82, 2.24) is 10.6 Å². The van der Waals surface area contributed by atoms with Crippen LogP contribution in [0.15, 0.2) is 6.07 Å². The average Bonchev–Trinajstić information content (AvgIpc) is 2.46. The van der Waals surface area contributed by atoms with Crippen molar-refractivity contribution in [2.75, 3.05) is 12.4 Å². The summed E-state index contributed by atoms with van der Waals surface area (Å²) in [6.07, 6.45) is 0. The minimum atomic E-state index is -0.813. The average molecular weight is 377 g/mol. The highest BCUT2D eigenvalue weighted by Crippen LogP contribution is 2.45. The van der Waals surface area contributed by atoms with Crippen molar-refractivity contribution in [1.29, 1.82) is 5.41 Å². The lowest BCUT2D eigenvalue weighted by Crippen LogP contribution is -2.40. The molecular formula is C13H14Cl2N4O5. The first kappa shape index (κ1) is 19.5. The Bertz CT molecular complexity index is 708. The fourth-order valence-electron chi connectivity index (χ4n) is 1.48. The number of hydrogen-bond acceptors (Lipinski definition) is 6. The zero-order chi connectivity index (χ0) is 18.4. The number of hydrogen-bond donors (Lipinski definition) is 4. The van der Waals surface area contributed by atoms with Gasteiger partial charge in [-0.15, -0.1) is 0 Å². The van der Waals surface area contributed by atoms with Crippen LogP contribution in [-0.4, -0.2) is 31.0 Å². The Morgan fingerprint density at radius 1 is 1.12 bits per heavy atom. The molecule has 1 rings (SSSR count). The molecule has 0 saturated heterocycles. The summed E-state index contributed by atoms with van der Waals surface area (Å²) in [5.41, 5.74) is -0.0908. The van der Waals surface area contributed by atoms with Crippen LogP contribution in [0.4, 0.5) is 10.5 Å². The first-order valence-electron chi connectivity index (χ1n) is 6.38. The van der Waals surface area contributed by atoms with Gasteiger partial charge in [0.2, 0.25) is 0 Å². The minimum Gasteiger partial charge on any atom is -0.423 e. The van der Waals surface area contributed by atoms with Gasteiger partial charge in [0.15, 0.2) is 17.5 Å². The highest BCUT2D eigenvalue weighted by Gasteiger charge is 2.22. The molecule has 0 fully saturated rings. The number of nitrogens with one attached hydrogen (secondary N) is 4. The topological polar surface area (TPSA) is 130 Å². The lowest BCUT2D eigenvalue weighted by Gasteiger charge is -2.16. The second kappa shape index (κ2) is 8.37. The lowest BCUT2D eigenvalue weighted by atomic mass is 10.2. The number of carbonyl (C=O) groups is 3. The number of carbonyl (C=O) groups excluding carboxylic acids is 3. The van der Waals surface area contributed by atoms with Crippen molar-refractivity contribution in [2.24, 2.45) is 0 Å². The molecule has 0 atom stereocenters. The van der Waals surface area contributed by atoms with Crippen LogP contribution >= 0.6 is 23.2 Å². The molecule has 11 heteroatoms. The number of halogens is 2. The summed E-state index contributed by atoms with van der Waals surface area (Å²) < 4.78 is 9.82. The molecule has 0 aromatic heterocycles. The molecule has 4 N–H and O–H groups in total. The van der Waals surface area contributed by atoms with Crippen LogP contribution < -0.4 is 25.4 Å². The van der Waals surface area contributed by atoms with Crippen molar-refractivity contribution in [2.45, 2.75) is 13.8 Å². The second-order valence-electron chi connectivity index (χ2n) is 4.27. The summed E-state index contributed by atoms with van der Waals surface area (Å²) in [5, 5.41) is 13.9. The van der Waals surface area contributed by atoms with E-state index in [-0.39, 0.29) is 33.2 Å². The zero-order valence-electron chi connectivity index (χ0n) is 12.9. The number of amides is 2. The predicted molar refractivity (Wildman–Crippen MR) is 88.0 cm³/mol. The van der Waals surface area contributed by atoms with Gasteiger partial charge in [0.1, 0.15) is 5.02 Å². The summed E-state index contributed by atoms with van der Waals surface area (Å²) in [5.74, 6) is -2.13. The first-order chi connectivity index (χ1) is 11.1. The van der Waals surface area contributed by atoms with Crippen molar-refractivity contribution in [3.63, 3.8) is 0 Å². The van der Waals surface area contributed by atoms with Gasteiger partial charge in [-0.2, -0.15) is 0 Å². The quantitative estimate of drug-likeness (QED) is 0.276. The van der Waals surface area contributed by atoms with Gasteiger partial charge < -0.3 is 20.1 Å². The maximum absolute atomic E-state index is 11.8. The van der Waals surface area contributed by atoms with Gasteiger partial charge >= 0.3 is 18.0 Å². The molecule has 0 aliphatic heterocycles. The monoisotopic (exact) mass is 376 g/mol. The summed E-state index contributed by atoms with van der Waals surface area (Å²) in [4.78, 5) is 34.1. The third-order valence-corrected chi connectivity index (χ3v) is 3.02. The smallest absolute Gasteiger partial charge is 0.326 e. The number of esters is 2. The van der Waals surface area contributed by atoms with E-state index >= 15 is 0 Å². The van der Waals surface area contributed by atoms with Crippen LogP contribution in [0, 0.1) is 5.41 Å². The molecular weight excluding hydrogens is 363 g/mol. The molecule has 0 heterocycles. The van der Waals surface area contributed by atoms with Crippen LogP contribution in [0.1, 0.15) is 13.8 Å². The molecule has 0 aliphatic rings. The molecule has 1 aromatic rings. The minimum absolute atomic E-state index is 0.0710. The summed E-state index contributed by atoms with van der Waals surface area (Å²) in [6, 6.07) is 0.346. The van der Waals surface area contributed by atoms with E-state index in [4.69, 9.17) is 38.1 Å². The van der Waals surface area contributed by atoms with Gasteiger partial charge in [0.05, 0.1) is 10.7 Å². The molecule has 0 bridgehead atoms. The SMILES string of the molecule is CNC(=N)NC(=O)Nc1c(Cl)cc(OC(C)=O)c(OC(C)=O)c1Cl. The predicted octanol–water partition coefficient (Wildman–Crippen LogP) is 2.12. The molecule has 0 radical (unpaired) electrons. The number of benzene rings is 1. The van der Waals surface area contributed by atoms with Crippen LogP contribution in [0.5, 0.6) is 11.5 Å². The van der Waals surface area contributed by atoms with E-state index in [0.717, 1.165) is 19.9 Å². The highest BCUT2D eigenvalue weighted by atomic mass is 35.5. The Morgan fingerprint density at radius 3 is 2.21 bits per heavy atom. The fraction of sp³-hybridized carbons (Fsp3) is 0.231. The second-order valence-corrected chi connectivity index (χ2v) is 5.05. The molecule has 0 saturated carbocycles. The molecule has 24 heavy (non-hydrogen) atoms. The van der Waals surface area contributed by atoms with Gasteiger partial charge in [-0.25, -0.2) is 4.79 Å². The summed E-state index contributed by atoms with van der Waals surface area (Å²) in [6.45, 7) is 2.26. The maximum Gasteiger partial charge on any atom is 0.326 e. The number of urea groups is 1. The maximum atomic E-state index is 11.8. The Hall–Kier alpha value is -2.52. The van der Waals surface area contributed by atoms with Gasteiger partial charge in [-0.3, -0.25) is 20.3 Å². The van der Waals surface area contributed by atoms with Crippen molar-refractivity contribution < 1.29 is 23.9 Å². The van der Waals surface area contributed by atoms with Crippen LogP contribution in [0.25, 0.3) is 0 Å². The number of ether oxygens (including phenoxy) is 2. The molecule has 0 unspecified atom stereocenters. The van der Waals surface area contributed by atoms with E-state index in [0.29, 0.717) is 0 Å². The summed E-state index contributed by atoms with van der Waals surface area (Å²) in [7, 11) is 1.44. The fourth-order valence-corrected chi connectivity index (χ4v) is 2.05. The van der Waals surface area contributed by atoms with Crippen LogP contribution in [-0.2, 0) is 9.59 Å². The molecule has 9 nitrogen and oxygen atoms in total. The highest BCUT2D eigenvalue weighted by molar-refractivity contribution is 6.41. The molecule has 0 aliphatic carbocycles. The molecule has 1 aromatic carbocycles. The number of guanidine groups is 1. The van der Waals surface area contributed by atoms with E-state index in [9.17, 15) is 14.4 Å². The van der Waals surface area contributed by atoms with Crippen molar-refractivity contribution >= 4 is 52.8 Å². The van der Waals surface area contributed by atoms with E-state index in [1.54, 1.807) is 0 Å². The third kappa shape index (κ3) is 5.28. The first-order valence-corrected chi connectivity index (χ1v) is 7.14. The van der Waals surface area contributed by atoms with E-state index in [2.05, 4.69) is 16.0 Å². The standard InChI is InChI=1S/C13H14Cl2N4O5/c1-5(20)23-8-4-7(14)10(9(15)11(8)24-6(2)21)18-13(22)19-12(16)17-3/h4H,1-3H3,(H4,16,17,18,19,22). The lowest BCUT2D eigenvalue weighted by molar-refractivity contribution is -0.134. The Balaban J connectivity index is 3.26. The van der Waals surface area contributed by atoms with E-state index in [1.807, 2.05) is 0 Å². The largest absolute Gasteiger partial charge is 0.423 e. The number of anilines is 1. The molecule has 2 amide bonds. The normalized spacial score (nSPS) is 9.71. The van der Waals surface area contributed by atoms with Gasteiger partial charge in [-0.1, -0.05) is 23.2 Å². The zero-order valence-corrected chi connectivity index (χ0v) is 14.4. The van der Waals surface area contributed by atoms with Gasteiger partial charge in [-0.05, 0) is 0 Å². The van der Waals surface area contributed by atoms with Crippen molar-refractivity contribution in [3.8, 4) is 11.5 Å². The van der Waals surface area contributed by atoms with Crippen molar-refractivity contribution in [3.05, 3.63) is 16.1 Å². The molecule has 130 valence electrons. The van der Waals surface area contributed by atoms with Crippen LogP contribution in [0.3, 0.4) is 0 Å². The van der Waals surface area contributed by atoms with Crippen LogP contribution in [0.2, 0.25) is 10.0 Å². The molecule has 0 spiro atoms. The van der Waals surface area contributed by atoms with Gasteiger partial charge in [0.25, 0.3) is 0 Å². The van der Waals surface area contributed by atoms with Gasteiger partial charge in [0, 0.05) is 27.0 Å². The number of rotatable bonds is 3. The third-order valence-electron chi connectivity index (χ3n) is 2.37. The Morgan fingerprint density at radius 2 is 1.71 bits per heavy atom. The van der Waals surface area contributed by atoms with E-state index < -0.39 is 18.0 Å². The van der Waals surface area contributed by atoms with E-state index in [1.165, 1.54) is 7.05 Å². The Labute approximate surface area is 147 Å². The summed E-state index contributed by atoms with van der Waals surface area (Å²) >= 11 is 12.1. The Kier molecular flexibility index (Phi) is 6.81.